The number of hydrogen-bond acceptors (Lipinski definition) is 6. The molecule has 0 spiro atoms. The lowest BCUT2D eigenvalue weighted by Gasteiger charge is -2.26. The van der Waals surface area contributed by atoms with E-state index in [1.54, 1.807) is 12.1 Å². The number of hydrogen-bond donors (Lipinski definition) is 0. The van der Waals surface area contributed by atoms with Gasteiger partial charge in [-0.1, -0.05) is 12.1 Å². The molecule has 0 amide bonds. The molecule has 3 heterocycles. The average Bonchev–Trinajstić information content (AvgIpc) is 3.11. The van der Waals surface area contributed by atoms with Crippen LogP contribution in [0.4, 0.5) is 5.82 Å². The molecule has 0 saturated carbocycles. The van der Waals surface area contributed by atoms with Crippen LogP contribution in [0.5, 0.6) is 0 Å². The molecule has 8 nitrogen and oxygen atoms in total. The highest BCUT2D eigenvalue weighted by Crippen LogP contribution is 2.21. The maximum atomic E-state index is 12.7. The number of morpholine rings is 1. The van der Waals surface area contributed by atoms with Gasteiger partial charge in [0.25, 0.3) is 0 Å². The highest BCUT2D eigenvalue weighted by atomic mass is 32.2. The normalized spacial score (nSPS) is 15.7. The fraction of sp³-hybridized carbons (Fsp3) is 0.400. The van der Waals surface area contributed by atoms with E-state index in [1.165, 1.54) is 10.5 Å². The van der Waals surface area contributed by atoms with Crippen molar-refractivity contribution >= 4 is 26.9 Å². The van der Waals surface area contributed by atoms with Gasteiger partial charge in [0.1, 0.15) is 16.5 Å². The van der Waals surface area contributed by atoms with Crippen molar-refractivity contribution in [1.82, 2.24) is 18.8 Å². The molecular weight excluding hydrogens is 390 g/mol. The average molecular weight is 416 g/mol. The number of benzene rings is 1. The summed E-state index contributed by atoms with van der Waals surface area (Å²) in [7, 11) is -1.61. The van der Waals surface area contributed by atoms with Crippen LogP contribution in [-0.4, -0.2) is 60.6 Å². The number of para-hydroxylation sites is 2. The zero-order chi connectivity index (χ0) is 20.4. The Labute approximate surface area is 170 Å². The van der Waals surface area contributed by atoms with Crippen LogP contribution in [0.3, 0.4) is 0 Å². The minimum absolute atomic E-state index is 0.206. The first-order valence-electron chi connectivity index (χ1n) is 9.70. The second-order valence-corrected chi connectivity index (χ2v) is 8.92. The summed E-state index contributed by atoms with van der Waals surface area (Å²) in [6.45, 7) is 5.09. The zero-order valence-corrected chi connectivity index (χ0v) is 17.5. The predicted molar refractivity (Wildman–Crippen MR) is 111 cm³/mol. The van der Waals surface area contributed by atoms with E-state index in [4.69, 9.17) is 9.72 Å². The van der Waals surface area contributed by atoms with Gasteiger partial charge in [-0.25, -0.2) is 18.4 Å². The molecule has 9 heteroatoms. The fourth-order valence-corrected chi connectivity index (χ4v) is 4.93. The third-order valence-corrected chi connectivity index (χ3v) is 7.03. The van der Waals surface area contributed by atoms with Gasteiger partial charge in [-0.2, -0.15) is 4.31 Å². The Morgan fingerprint density at radius 1 is 1.14 bits per heavy atom. The molecule has 0 atom stereocenters. The molecule has 1 saturated heterocycles. The molecule has 0 unspecified atom stereocenters. The van der Waals surface area contributed by atoms with Crippen LogP contribution in [0, 0.1) is 0 Å². The molecule has 154 valence electrons. The molecule has 0 bridgehead atoms. The number of sulfonamides is 1. The van der Waals surface area contributed by atoms with Gasteiger partial charge >= 0.3 is 0 Å². The minimum atomic E-state index is -3.54. The highest BCUT2D eigenvalue weighted by Gasteiger charge is 2.26. The van der Waals surface area contributed by atoms with Gasteiger partial charge in [0.15, 0.2) is 0 Å². The number of imidazole rings is 1. The summed E-state index contributed by atoms with van der Waals surface area (Å²) >= 11 is 0. The van der Waals surface area contributed by atoms with E-state index in [9.17, 15) is 8.42 Å². The van der Waals surface area contributed by atoms with E-state index >= 15 is 0 Å². The summed E-state index contributed by atoms with van der Waals surface area (Å²) in [5, 5.41) is 0. The zero-order valence-electron chi connectivity index (χ0n) is 16.7. The van der Waals surface area contributed by atoms with Crippen LogP contribution < -0.4 is 4.90 Å². The number of aromatic nitrogens is 3. The molecule has 1 aliphatic heterocycles. The van der Waals surface area contributed by atoms with Crippen LogP contribution in [0.2, 0.25) is 0 Å². The van der Waals surface area contributed by atoms with E-state index < -0.39 is 10.0 Å². The van der Waals surface area contributed by atoms with Crippen molar-refractivity contribution in [3.63, 3.8) is 0 Å². The van der Waals surface area contributed by atoms with Gasteiger partial charge in [0, 0.05) is 32.9 Å². The Bertz CT molecular complexity index is 1090. The Hall–Kier alpha value is -2.49. The van der Waals surface area contributed by atoms with Gasteiger partial charge in [-0.05, 0) is 31.2 Å². The third-order valence-electron chi connectivity index (χ3n) is 5.15. The first-order chi connectivity index (χ1) is 14.0. The van der Waals surface area contributed by atoms with Crippen molar-refractivity contribution in [1.29, 1.82) is 0 Å². The standard InChI is InChI=1S/C20H25N5O3S/c1-3-25-18-7-5-4-6-17(18)22-20(25)15-23(2)19-9-8-16(14-21-19)29(26,27)24-10-12-28-13-11-24/h4-9,14H,3,10-13,15H2,1-2H3. The van der Waals surface area contributed by atoms with Crippen LogP contribution in [0.15, 0.2) is 47.5 Å². The minimum Gasteiger partial charge on any atom is -0.379 e. The van der Waals surface area contributed by atoms with Crippen LogP contribution in [0.1, 0.15) is 12.7 Å². The summed E-state index contributed by atoms with van der Waals surface area (Å²) in [6, 6.07) is 11.4. The lowest BCUT2D eigenvalue weighted by Crippen LogP contribution is -2.40. The Morgan fingerprint density at radius 3 is 2.59 bits per heavy atom. The van der Waals surface area contributed by atoms with Gasteiger partial charge in [-0.15, -0.1) is 0 Å². The van der Waals surface area contributed by atoms with Crippen molar-refractivity contribution in [2.45, 2.75) is 24.9 Å². The summed E-state index contributed by atoms with van der Waals surface area (Å²) in [5.41, 5.74) is 2.08. The quantitative estimate of drug-likeness (QED) is 0.613. The number of aryl methyl sites for hydroxylation is 1. The number of ether oxygens (including phenoxy) is 1. The van der Waals surface area contributed by atoms with Crippen molar-refractivity contribution < 1.29 is 13.2 Å². The summed E-state index contributed by atoms with van der Waals surface area (Å²) in [5.74, 6) is 1.64. The number of fused-ring (bicyclic) bond motifs is 1. The Kier molecular flexibility index (Phi) is 5.53. The summed E-state index contributed by atoms with van der Waals surface area (Å²) < 4.78 is 34.4. The van der Waals surface area contributed by atoms with Crippen LogP contribution >= 0.6 is 0 Å². The third kappa shape index (κ3) is 3.85. The van der Waals surface area contributed by atoms with Gasteiger partial charge in [-0.3, -0.25) is 0 Å². The second kappa shape index (κ2) is 8.10. The molecule has 29 heavy (non-hydrogen) atoms. The lowest BCUT2D eigenvalue weighted by molar-refractivity contribution is 0.0730. The van der Waals surface area contributed by atoms with Gasteiger partial charge < -0.3 is 14.2 Å². The Morgan fingerprint density at radius 2 is 1.90 bits per heavy atom. The maximum absolute atomic E-state index is 12.7. The molecule has 0 N–H and O–H groups in total. The van der Waals surface area contributed by atoms with Crippen LogP contribution in [-0.2, 0) is 27.8 Å². The van der Waals surface area contributed by atoms with Crippen molar-refractivity contribution in [3.05, 3.63) is 48.4 Å². The van der Waals surface area contributed by atoms with Crippen LogP contribution in [0.25, 0.3) is 11.0 Å². The van der Waals surface area contributed by atoms with E-state index in [0.29, 0.717) is 38.7 Å². The first-order valence-corrected chi connectivity index (χ1v) is 11.1. The first kappa shape index (κ1) is 19.8. The van der Waals surface area contributed by atoms with Crippen molar-refractivity contribution in [2.75, 3.05) is 38.3 Å². The second-order valence-electron chi connectivity index (χ2n) is 6.99. The topological polar surface area (TPSA) is 80.6 Å². The molecule has 1 fully saturated rings. The molecule has 4 rings (SSSR count). The van der Waals surface area contributed by atoms with E-state index in [2.05, 4.69) is 22.5 Å². The van der Waals surface area contributed by atoms with Crippen molar-refractivity contribution in [2.24, 2.45) is 0 Å². The van der Waals surface area contributed by atoms with E-state index in [0.717, 1.165) is 23.4 Å². The van der Waals surface area contributed by atoms with Gasteiger partial charge in [0.05, 0.1) is 30.8 Å². The number of nitrogens with zero attached hydrogens (tertiary/aromatic N) is 5. The van der Waals surface area contributed by atoms with E-state index in [1.807, 2.05) is 30.1 Å². The number of pyridine rings is 1. The molecule has 3 aromatic rings. The van der Waals surface area contributed by atoms with Gasteiger partial charge in [0.2, 0.25) is 10.0 Å². The summed E-state index contributed by atoms with van der Waals surface area (Å²) in [4.78, 5) is 11.3. The molecule has 1 aliphatic rings. The summed E-state index contributed by atoms with van der Waals surface area (Å²) in [6.07, 6.45) is 1.43. The molecule has 0 aliphatic carbocycles. The largest absolute Gasteiger partial charge is 0.379 e. The fourth-order valence-electron chi connectivity index (χ4n) is 3.58. The monoisotopic (exact) mass is 415 g/mol. The highest BCUT2D eigenvalue weighted by molar-refractivity contribution is 7.89. The lowest BCUT2D eigenvalue weighted by atomic mass is 10.3. The smallest absolute Gasteiger partial charge is 0.244 e. The van der Waals surface area contributed by atoms with E-state index in [-0.39, 0.29) is 4.90 Å². The molecule has 0 radical (unpaired) electrons. The van der Waals surface area contributed by atoms with Crippen molar-refractivity contribution in [3.8, 4) is 0 Å². The SMILES string of the molecule is CCn1c(CN(C)c2ccc(S(=O)(=O)N3CCOCC3)cn2)nc2ccccc21. The molecular formula is C20H25N5O3S. The maximum Gasteiger partial charge on any atom is 0.244 e. The Balaban J connectivity index is 1.53. The molecule has 2 aromatic heterocycles. The predicted octanol–water partition coefficient (Wildman–Crippen LogP) is 2.11. The molecule has 1 aromatic carbocycles. The number of anilines is 1. The number of rotatable bonds is 6.